The molecule has 0 spiro atoms. The molecule has 1 aromatic rings. The first-order valence-electron chi connectivity index (χ1n) is 10.7. The van der Waals surface area contributed by atoms with E-state index in [1.807, 2.05) is 0 Å². The van der Waals surface area contributed by atoms with Gasteiger partial charge in [0.1, 0.15) is 0 Å². The second-order valence-corrected chi connectivity index (χ2v) is 9.58. The first-order chi connectivity index (χ1) is 12.9. The molecular weight excluding hydrogens is 407 g/mol. The van der Waals surface area contributed by atoms with Gasteiger partial charge >= 0.3 is 0 Å². The second-order valence-electron chi connectivity index (χ2n) is 9.58. The Labute approximate surface area is 189 Å². The van der Waals surface area contributed by atoms with Crippen molar-refractivity contribution in [2.24, 2.45) is 11.3 Å². The average Bonchev–Trinajstić information content (AvgIpc) is 2.61. The monoisotopic (exact) mass is 446 g/mol. The molecular formula is C23H40Cl2N2O2. The fourth-order valence-corrected chi connectivity index (χ4v) is 4.95. The van der Waals surface area contributed by atoms with Gasteiger partial charge in [-0.05, 0) is 36.2 Å². The van der Waals surface area contributed by atoms with E-state index in [1.54, 1.807) is 0 Å². The molecule has 29 heavy (non-hydrogen) atoms. The molecule has 1 saturated heterocycles. The molecule has 0 amide bonds. The van der Waals surface area contributed by atoms with Gasteiger partial charge in [-0.2, -0.15) is 0 Å². The van der Waals surface area contributed by atoms with Gasteiger partial charge in [-0.3, -0.25) is 9.80 Å². The van der Waals surface area contributed by atoms with Gasteiger partial charge in [-0.15, -0.1) is 24.8 Å². The summed E-state index contributed by atoms with van der Waals surface area (Å²) in [6, 6.07) is 10.7. The number of piperazine rings is 1. The van der Waals surface area contributed by atoms with Crippen LogP contribution in [0.4, 0.5) is 0 Å². The summed E-state index contributed by atoms with van der Waals surface area (Å²) in [6.07, 6.45) is 3.45. The fourth-order valence-electron chi connectivity index (χ4n) is 4.95. The Morgan fingerprint density at radius 2 is 1.66 bits per heavy atom. The van der Waals surface area contributed by atoms with E-state index in [4.69, 9.17) is 4.74 Å². The van der Waals surface area contributed by atoms with Crippen LogP contribution < -0.4 is 0 Å². The van der Waals surface area contributed by atoms with E-state index in [2.05, 4.69) is 60.9 Å². The molecule has 3 unspecified atom stereocenters. The molecule has 1 aromatic carbocycles. The lowest BCUT2D eigenvalue weighted by Crippen LogP contribution is -2.48. The largest absolute Gasteiger partial charge is 0.389 e. The number of β-amino-alcohol motifs (C(OH)–C–C–N with tert-alkyl or cyclic N) is 1. The lowest BCUT2D eigenvalue weighted by molar-refractivity contribution is -0.0634. The SMILES string of the molecule is CC1CC(OCC(O)CN2CCN(Cc3ccccc3)CC2)CC(C)(C)C1.Cl.Cl. The second kappa shape index (κ2) is 12.5. The van der Waals surface area contributed by atoms with E-state index in [0.29, 0.717) is 24.0 Å². The molecule has 0 bridgehead atoms. The highest BCUT2D eigenvalue weighted by Gasteiger charge is 2.32. The van der Waals surface area contributed by atoms with Crippen molar-refractivity contribution in [3.05, 3.63) is 35.9 Å². The number of rotatable bonds is 7. The van der Waals surface area contributed by atoms with Gasteiger partial charge in [0.2, 0.25) is 0 Å². The zero-order chi connectivity index (χ0) is 19.3. The Balaban J connectivity index is 0.00000210. The van der Waals surface area contributed by atoms with Crippen molar-refractivity contribution < 1.29 is 9.84 Å². The molecule has 1 saturated carbocycles. The lowest BCUT2D eigenvalue weighted by atomic mass is 9.71. The first-order valence-corrected chi connectivity index (χ1v) is 10.7. The van der Waals surface area contributed by atoms with Crippen molar-refractivity contribution in [3.63, 3.8) is 0 Å². The van der Waals surface area contributed by atoms with E-state index < -0.39 is 0 Å². The normalized spacial score (nSPS) is 26.2. The summed E-state index contributed by atoms with van der Waals surface area (Å²) in [5.41, 5.74) is 1.74. The van der Waals surface area contributed by atoms with Crippen molar-refractivity contribution in [2.45, 2.75) is 58.8 Å². The molecule has 0 aromatic heterocycles. The summed E-state index contributed by atoms with van der Waals surface area (Å²) in [7, 11) is 0. The number of hydrogen-bond acceptors (Lipinski definition) is 4. The van der Waals surface area contributed by atoms with Crippen molar-refractivity contribution in [2.75, 3.05) is 39.3 Å². The first kappa shape index (κ1) is 26.7. The quantitative estimate of drug-likeness (QED) is 0.678. The van der Waals surface area contributed by atoms with Crippen LogP contribution in [0.15, 0.2) is 30.3 Å². The predicted molar refractivity (Wildman–Crippen MR) is 125 cm³/mol. The van der Waals surface area contributed by atoms with Gasteiger partial charge in [0.25, 0.3) is 0 Å². The standard InChI is InChI=1S/C23H38N2O2.2ClH/c1-19-13-22(15-23(2,3)14-19)27-18-21(26)17-25-11-9-24(10-12-25)16-20-7-5-4-6-8-20;;/h4-8,19,21-22,26H,9-18H2,1-3H3;2*1H. The number of halogens is 2. The van der Waals surface area contributed by atoms with E-state index in [9.17, 15) is 5.11 Å². The van der Waals surface area contributed by atoms with Crippen molar-refractivity contribution in [1.82, 2.24) is 9.80 Å². The number of aliphatic hydroxyl groups is 1. The summed E-state index contributed by atoms with van der Waals surface area (Å²) < 4.78 is 6.11. The maximum absolute atomic E-state index is 10.4. The number of benzene rings is 1. The maximum Gasteiger partial charge on any atom is 0.0900 e. The third-order valence-electron chi connectivity index (χ3n) is 6.05. The molecule has 2 fully saturated rings. The summed E-state index contributed by atoms with van der Waals surface area (Å²) in [4.78, 5) is 4.88. The van der Waals surface area contributed by atoms with Crippen LogP contribution in [0.1, 0.15) is 45.6 Å². The van der Waals surface area contributed by atoms with E-state index in [-0.39, 0.29) is 30.9 Å². The van der Waals surface area contributed by atoms with Crippen LogP contribution in [0.2, 0.25) is 0 Å². The molecule has 1 aliphatic heterocycles. The minimum atomic E-state index is -0.383. The molecule has 1 N–H and O–H groups in total. The minimum Gasteiger partial charge on any atom is -0.389 e. The highest BCUT2D eigenvalue weighted by molar-refractivity contribution is 5.85. The van der Waals surface area contributed by atoms with Crippen LogP contribution in [0.5, 0.6) is 0 Å². The van der Waals surface area contributed by atoms with Crippen LogP contribution in [-0.2, 0) is 11.3 Å². The number of nitrogens with zero attached hydrogens (tertiary/aromatic N) is 2. The van der Waals surface area contributed by atoms with Crippen LogP contribution in [0, 0.1) is 11.3 Å². The highest BCUT2D eigenvalue weighted by Crippen LogP contribution is 2.39. The Bertz CT molecular complexity index is 565. The number of ether oxygens (including phenoxy) is 1. The van der Waals surface area contributed by atoms with Crippen LogP contribution in [-0.4, -0.2) is 66.4 Å². The molecule has 168 valence electrons. The average molecular weight is 447 g/mol. The Morgan fingerprint density at radius 1 is 1.03 bits per heavy atom. The molecule has 1 aliphatic carbocycles. The predicted octanol–water partition coefficient (Wildman–Crippen LogP) is 4.24. The van der Waals surface area contributed by atoms with Gasteiger partial charge in [0.05, 0.1) is 18.8 Å². The molecule has 3 rings (SSSR count). The molecule has 1 heterocycles. The van der Waals surface area contributed by atoms with E-state index in [0.717, 1.165) is 52.1 Å². The van der Waals surface area contributed by atoms with Gasteiger partial charge < -0.3 is 9.84 Å². The topological polar surface area (TPSA) is 35.9 Å². The third-order valence-corrected chi connectivity index (χ3v) is 6.05. The molecule has 6 heteroatoms. The summed E-state index contributed by atoms with van der Waals surface area (Å²) in [6.45, 7) is 13.4. The smallest absolute Gasteiger partial charge is 0.0900 e. The van der Waals surface area contributed by atoms with E-state index >= 15 is 0 Å². The summed E-state index contributed by atoms with van der Waals surface area (Å²) >= 11 is 0. The summed E-state index contributed by atoms with van der Waals surface area (Å²) in [5.74, 6) is 0.716. The van der Waals surface area contributed by atoms with Gasteiger partial charge in [-0.1, -0.05) is 51.1 Å². The van der Waals surface area contributed by atoms with Gasteiger partial charge in [-0.25, -0.2) is 0 Å². The Hall–Kier alpha value is -0.360. The molecule has 2 aliphatic rings. The number of hydrogen-bond donors (Lipinski definition) is 1. The Kier molecular flexibility index (Phi) is 11.5. The molecule has 4 nitrogen and oxygen atoms in total. The van der Waals surface area contributed by atoms with E-state index in [1.165, 1.54) is 12.0 Å². The highest BCUT2D eigenvalue weighted by atomic mass is 35.5. The summed E-state index contributed by atoms with van der Waals surface area (Å²) in [5, 5.41) is 10.4. The molecule has 0 radical (unpaired) electrons. The van der Waals surface area contributed by atoms with Crippen LogP contribution >= 0.6 is 24.8 Å². The van der Waals surface area contributed by atoms with Crippen molar-refractivity contribution in [3.8, 4) is 0 Å². The van der Waals surface area contributed by atoms with Gasteiger partial charge in [0, 0.05) is 39.3 Å². The maximum atomic E-state index is 10.4. The van der Waals surface area contributed by atoms with Crippen molar-refractivity contribution >= 4 is 24.8 Å². The molecule has 3 atom stereocenters. The van der Waals surface area contributed by atoms with Crippen LogP contribution in [0.3, 0.4) is 0 Å². The fraction of sp³-hybridized carbons (Fsp3) is 0.739. The van der Waals surface area contributed by atoms with Crippen LogP contribution in [0.25, 0.3) is 0 Å². The Morgan fingerprint density at radius 3 is 2.28 bits per heavy atom. The zero-order valence-corrected chi connectivity index (χ0v) is 19.9. The third kappa shape index (κ3) is 9.12. The minimum absolute atomic E-state index is 0. The lowest BCUT2D eigenvalue weighted by Gasteiger charge is -2.39. The zero-order valence-electron chi connectivity index (χ0n) is 18.3. The van der Waals surface area contributed by atoms with Crippen molar-refractivity contribution in [1.29, 1.82) is 0 Å². The number of aliphatic hydroxyl groups excluding tert-OH is 1. The van der Waals surface area contributed by atoms with Gasteiger partial charge in [0.15, 0.2) is 0 Å².